The second-order valence-electron chi connectivity index (χ2n) is 3.97. The van der Waals surface area contributed by atoms with E-state index in [9.17, 15) is 34.4 Å². The van der Waals surface area contributed by atoms with Crippen LogP contribution in [-0.4, -0.2) is 31.9 Å². The zero-order valence-electron chi connectivity index (χ0n) is 10.2. The molecular formula is C12H7FN2O6. The number of nitro groups is 1. The number of allylic oxidation sites excluding steroid dienone is 6. The highest BCUT2D eigenvalue weighted by Crippen LogP contribution is 2.26. The summed E-state index contributed by atoms with van der Waals surface area (Å²) in [4.78, 5) is 32.2. The van der Waals surface area contributed by atoms with Crippen LogP contribution in [0, 0.1) is 10.1 Å². The van der Waals surface area contributed by atoms with Crippen molar-refractivity contribution >= 4 is 11.6 Å². The zero-order chi connectivity index (χ0) is 15.7. The molecule has 0 fully saturated rings. The zero-order valence-corrected chi connectivity index (χ0v) is 10.2. The first-order chi connectivity index (χ1) is 9.82. The van der Waals surface area contributed by atoms with Gasteiger partial charge in [-0.25, -0.2) is 0 Å². The molecule has 8 nitrogen and oxygen atoms in total. The van der Waals surface area contributed by atoms with Crippen LogP contribution in [0.4, 0.5) is 4.39 Å². The molecule has 1 aliphatic carbocycles. The summed E-state index contributed by atoms with van der Waals surface area (Å²) < 4.78 is 13.2. The van der Waals surface area contributed by atoms with E-state index < -0.39 is 39.6 Å². The van der Waals surface area contributed by atoms with Crippen LogP contribution in [0.5, 0.6) is 0 Å². The molecule has 1 heterocycles. The number of aliphatic hydroxyl groups excluding tert-OH is 1. The minimum absolute atomic E-state index is 0.00322. The number of ketones is 2. The van der Waals surface area contributed by atoms with Crippen molar-refractivity contribution in [3.05, 3.63) is 69.2 Å². The Hall–Kier alpha value is -3.07. The fourth-order valence-corrected chi connectivity index (χ4v) is 1.66. The number of hydroxylamine groups is 2. The van der Waals surface area contributed by atoms with Gasteiger partial charge in [-0.05, 0) is 12.2 Å². The number of halogens is 1. The maximum absolute atomic E-state index is 13.2. The predicted octanol–water partition coefficient (Wildman–Crippen LogP) is 1.07. The number of nitrogens with zero attached hydrogens (tertiary/aromatic N) is 2. The van der Waals surface area contributed by atoms with Crippen LogP contribution in [0.25, 0.3) is 0 Å². The molecule has 0 aromatic carbocycles. The molecule has 0 spiro atoms. The van der Waals surface area contributed by atoms with E-state index in [0.29, 0.717) is 12.2 Å². The smallest absolute Gasteiger partial charge is 0.321 e. The van der Waals surface area contributed by atoms with Crippen molar-refractivity contribution in [2.45, 2.75) is 0 Å². The number of hydrogen-bond donors (Lipinski definition) is 2. The summed E-state index contributed by atoms with van der Waals surface area (Å²) >= 11 is 0. The van der Waals surface area contributed by atoms with Gasteiger partial charge in [-0.3, -0.25) is 24.9 Å². The molecule has 0 unspecified atom stereocenters. The van der Waals surface area contributed by atoms with Gasteiger partial charge in [0.05, 0.1) is 4.92 Å². The fourth-order valence-electron chi connectivity index (χ4n) is 1.66. The quantitative estimate of drug-likeness (QED) is 0.195. The molecule has 0 saturated heterocycles. The molecule has 0 aromatic heterocycles. The Morgan fingerprint density at radius 2 is 2.00 bits per heavy atom. The highest BCUT2D eigenvalue weighted by Gasteiger charge is 2.33. The van der Waals surface area contributed by atoms with Gasteiger partial charge >= 0.3 is 11.5 Å². The summed E-state index contributed by atoms with van der Waals surface area (Å²) in [5.41, 5.74) is -1.85. The van der Waals surface area contributed by atoms with Crippen LogP contribution in [0.2, 0.25) is 0 Å². The molecule has 108 valence electrons. The highest BCUT2D eigenvalue weighted by atomic mass is 19.1. The molecule has 0 atom stereocenters. The summed E-state index contributed by atoms with van der Waals surface area (Å²) in [6.07, 6.45) is 4.51. The van der Waals surface area contributed by atoms with Crippen LogP contribution in [-0.2, 0) is 9.59 Å². The Morgan fingerprint density at radius 3 is 2.62 bits per heavy atom. The van der Waals surface area contributed by atoms with Crippen LogP contribution in [0.1, 0.15) is 0 Å². The van der Waals surface area contributed by atoms with Crippen molar-refractivity contribution in [2.24, 2.45) is 0 Å². The van der Waals surface area contributed by atoms with Crippen LogP contribution >= 0.6 is 0 Å². The van der Waals surface area contributed by atoms with E-state index in [2.05, 4.69) is 0 Å². The summed E-state index contributed by atoms with van der Waals surface area (Å²) in [5, 5.41) is 30.0. The van der Waals surface area contributed by atoms with Crippen molar-refractivity contribution in [2.75, 3.05) is 0 Å². The highest BCUT2D eigenvalue weighted by molar-refractivity contribution is 6.47. The molecule has 0 bridgehead atoms. The van der Waals surface area contributed by atoms with Gasteiger partial charge in [-0.1, -0.05) is 6.08 Å². The molecule has 2 rings (SSSR count). The van der Waals surface area contributed by atoms with E-state index in [1.807, 2.05) is 0 Å². The standard InChI is InChI=1S/C12H7FN2O6/c13-10-3-1-2-7(14(10)19)11(17)6-4-8(15(20)21)12(18)9(16)5-6/h1-5,17,19H. The van der Waals surface area contributed by atoms with Crippen molar-refractivity contribution < 1.29 is 29.2 Å². The molecule has 2 N–H and O–H groups in total. The number of rotatable bonds is 2. The van der Waals surface area contributed by atoms with Crippen molar-refractivity contribution in [3.63, 3.8) is 0 Å². The second kappa shape index (κ2) is 5.13. The third-order valence-corrected chi connectivity index (χ3v) is 2.67. The van der Waals surface area contributed by atoms with Gasteiger partial charge in [0.2, 0.25) is 11.7 Å². The SMILES string of the molecule is O=C1C=C(C(O)=C2C=CC=C(F)N2O)C=C([N+](=O)[O-])C1=O. The third kappa shape index (κ3) is 2.49. The normalized spacial score (nSPS) is 20.9. The minimum atomic E-state index is -1.33. The fraction of sp³-hybridized carbons (Fsp3) is 0. The van der Waals surface area contributed by atoms with Gasteiger partial charge in [0.1, 0.15) is 11.5 Å². The Labute approximate surface area is 116 Å². The van der Waals surface area contributed by atoms with E-state index in [1.54, 1.807) is 0 Å². The van der Waals surface area contributed by atoms with Crippen molar-refractivity contribution in [1.82, 2.24) is 5.06 Å². The predicted molar refractivity (Wildman–Crippen MR) is 64.8 cm³/mol. The average molecular weight is 294 g/mol. The lowest BCUT2D eigenvalue weighted by Gasteiger charge is -2.20. The Bertz CT molecular complexity index is 713. The van der Waals surface area contributed by atoms with E-state index in [4.69, 9.17) is 0 Å². The van der Waals surface area contributed by atoms with Gasteiger partial charge in [0, 0.05) is 17.7 Å². The number of carbonyl (C=O) groups excluding carboxylic acids is 2. The van der Waals surface area contributed by atoms with Gasteiger partial charge in [-0.15, -0.1) is 0 Å². The Kier molecular flexibility index (Phi) is 3.51. The molecular weight excluding hydrogens is 287 g/mol. The first-order valence-electron chi connectivity index (χ1n) is 5.46. The molecule has 21 heavy (non-hydrogen) atoms. The molecule has 9 heteroatoms. The summed E-state index contributed by atoms with van der Waals surface area (Å²) in [5.74, 6) is -4.42. The lowest BCUT2D eigenvalue weighted by molar-refractivity contribution is -0.418. The van der Waals surface area contributed by atoms with Gasteiger partial charge in [0.15, 0.2) is 0 Å². The number of Topliss-reactive ketones (excluding diaryl/α,β-unsaturated/α-hetero) is 1. The van der Waals surface area contributed by atoms with Crippen molar-refractivity contribution in [1.29, 1.82) is 0 Å². The second-order valence-corrected chi connectivity index (χ2v) is 3.97. The maximum atomic E-state index is 13.2. The van der Waals surface area contributed by atoms with E-state index in [-0.39, 0.29) is 10.6 Å². The molecule has 1 aliphatic heterocycles. The van der Waals surface area contributed by atoms with Crippen LogP contribution in [0.15, 0.2) is 59.1 Å². The summed E-state index contributed by atoms with van der Waals surface area (Å²) in [6, 6.07) is 0. The molecule has 0 saturated carbocycles. The average Bonchev–Trinajstić information content (AvgIpc) is 2.43. The van der Waals surface area contributed by atoms with E-state index in [0.717, 1.165) is 12.2 Å². The first kappa shape index (κ1) is 14.3. The van der Waals surface area contributed by atoms with E-state index >= 15 is 0 Å². The number of hydrogen-bond acceptors (Lipinski definition) is 7. The Morgan fingerprint density at radius 1 is 1.33 bits per heavy atom. The Balaban J connectivity index is 2.52. The number of aliphatic hydroxyl groups is 1. The molecule has 0 amide bonds. The lowest BCUT2D eigenvalue weighted by atomic mass is 9.99. The van der Waals surface area contributed by atoms with E-state index in [1.165, 1.54) is 6.08 Å². The molecule has 2 aliphatic rings. The topological polar surface area (TPSA) is 121 Å². The van der Waals surface area contributed by atoms with Crippen LogP contribution < -0.4 is 0 Å². The lowest BCUT2D eigenvalue weighted by Crippen LogP contribution is -2.24. The summed E-state index contributed by atoms with van der Waals surface area (Å²) in [6.45, 7) is 0. The van der Waals surface area contributed by atoms with Gasteiger partial charge in [0.25, 0.3) is 0 Å². The minimum Gasteiger partial charge on any atom is -0.505 e. The molecule has 0 aromatic rings. The molecule has 0 radical (unpaired) electrons. The summed E-state index contributed by atoms with van der Waals surface area (Å²) in [7, 11) is 0. The third-order valence-electron chi connectivity index (χ3n) is 2.67. The monoisotopic (exact) mass is 294 g/mol. The first-order valence-corrected chi connectivity index (χ1v) is 5.46. The van der Waals surface area contributed by atoms with Gasteiger partial charge in [-0.2, -0.15) is 9.45 Å². The maximum Gasteiger partial charge on any atom is 0.321 e. The van der Waals surface area contributed by atoms with Gasteiger partial charge < -0.3 is 5.11 Å². The largest absolute Gasteiger partial charge is 0.505 e. The van der Waals surface area contributed by atoms with Crippen LogP contribution in [0.3, 0.4) is 0 Å². The number of carbonyl (C=O) groups is 2. The van der Waals surface area contributed by atoms with Crippen molar-refractivity contribution in [3.8, 4) is 0 Å².